The van der Waals surface area contributed by atoms with Crippen LogP contribution < -0.4 is 10.1 Å². The van der Waals surface area contributed by atoms with Gasteiger partial charge in [-0.3, -0.25) is 0 Å². The summed E-state index contributed by atoms with van der Waals surface area (Å²) in [6.45, 7) is 3.29. The van der Waals surface area contributed by atoms with Gasteiger partial charge in [0.2, 0.25) is 0 Å². The lowest BCUT2D eigenvalue weighted by Gasteiger charge is -2.27. The molecule has 0 aromatic heterocycles. The third-order valence-electron chi connectivity index (χ3n) is 4.55. The van der Waals surface area contributed by atoms with Crippen molar-refractivity contribution in [1.29, 1.82) is 0 Å². The SMILES string of the molecule is CCNC(Cc1ccc(OC)cc1)C1CCCCCC1. The van der Waals surface area contributed by atoms with Crippen LogP contribution in [0.4, 0.5) is 0 Å². The van der Waals surface area contributed by atoms with Crippen molar-refractivity contribution >= 4 is 0 Å². The van der Waals surface area contributed by atoms with E-state index in [1.54, 1.807) is 7.11 Å². The number of likely N-dealkylation sites (N-methyl/N-ethyl adjacent to an activating group) is 1. The summed E-state index contributed by atoms with van der Waals surface area (Å²) in [4.78, 5) is 0. The first-order chi connectivity index (χ1) is 9.83. The van der Waals surface area contributed by atoms with E-state index in [0.29, 0.717) is 6.04 Å². The molecular weight excluding hydrogens is 246 g/mol. The Morgan fingerprint density at radius 2 is 1.75 bits per heavy atom. The van der Waals surface area contributed by atoms with Crippen LogP contribution >= 0.6 is 0 Å². The molecule has 0 radical (unpaired) electrons. The van der Waals surface area contributed by atoms with Crippen LogP contribution in [0, 0.1) is 5.92 Å². The van der Waals surface area contributed by atoms with Gasteiger partial charge in [-0.1, -0.05) is 44.7 Å². The first kappa shape index (κ1) is 15.4. The van der Waals surface area contributed by atoms with Crippen molar-refractivity contribution in [3.63, 3.8) is 0 Å². The molecule has 1 aliphatic rings. The Balaban J connectivity index is 1.99. The molecule has 1 aromatic rings. The van der Waals surface area contributed by atoms with E-state index in [4.69, 9.17) is 4.74 Å². The van der Waals surface area contributed by atoms with E-state index in [1.165, 1.54) is 44.1 Å². The van der Waals surface area contributed by atoms with Gasteiger partial charge in [-0.15, -0.1) is 0 Å². The molecule has 0 saturated heterocycles. The van der Waals surface area contributed by atoms with E-state index in [9.17, 15) is 0 Å². The molecule has 0 heterocycles. The molecule has 0 amide bonds. The number of hydrogen-bond donors (Lipinski definition) is 1. The van der Waals surface area contributed by atoms with E-state index in [-0.39, 0.29) is 0 Å². The minimum atomic E-state index is 0.631. The highest BCUT2D eigenvalue weighted by atomic mass is 16.5. The maximum atomic E-state index is 5.24. The topological polar surface area (TPSA) is 21.3 Å². The molecular formula is C18H29NO. The molecule has 112 valence electrons. The average Bonchev–Trinajstić information content (AvgIpc) is 2.76. The second-order valence-electron chi connectivity index (χ2n) is 5.97. The van der Waals surface area contributed by atoms with Crippen LogP contribution in [0.25, 0.3) is 0 Å². The zero-order valence-corrected chi connectivity index (χ0v) is 13.0. The molecule has 0 spiro atoms. The number of hydrogen-bond acceptors (Lipinski definition) is 2. The predicted octanol–water partition coefficient (Wildman–Crippen LogP) is 4.19. The lowest BCUT2D eigenvalue weighted by molar-refractivity contribution is 0.321. The fourth-order valence-electron chi connectivity index (χ4n) is 3.40. The lowest BCUT2D eigenvalue weighted by atomic mass is 9.87. The van der Waals surface area contributed by atoms with Gasteiger partial charge in [0.1, 0.15) is 5.75 Å². The smallest absolute Gasteiger partial charge is 0.118 e. The van der Waals surface area contributed by atoms with Crippen LogP contribution in [-0.4, -0.2) is 19.7 Å². The van der Waals surface area contributed by atoms with Crippen molar-refractivity contribution in [1.82, 2.24) is 5.32 Å². The van der Waals surface area contributed by atoms with Crippen molar-refractivity contribution in [2.45, 2.75) is 57.9 Å². The summed E-state index contributed by atoms with van der Waals surface area (Å²) < 4.78 is 5.24. The fourth-order valence-corrected chi connectivity index (χ4v) is 3.40. The molecule has 1 saturated carbocycles. The number of methoxy groups -OCH3 is 1. The standard InChI is InChI=1S/C18H29NO/c1-3-19-18(16-8-6-4-5-7-9-16)14-15-10-12-17(20-2)13-11-15/h10-13,16,18-19H,3-9,14H2,1-2H3. The minimum Gasteiger partial charge on any atom is -0.497 e. The van der Waals surface area contributed by atoms with Gasteiger partial charge in [-0.05, 0) is 49.4 Å². The maximum Gasteiger partial charge on any atom is 0.118 e. The summed E-state index contributed by atoms with van der Waals surface area (Å²) in [6.07, 6.45) is 9.62. The lowest BCUT2D eigenvalue weighted by Crippen LogP contribution is -2.37. The van der Waals surface area contributed by atoms with Gasteiger partial charge >= 0.3 is 0 Å². The normalized spacial score (nSPS) is 18.5. The van der Waals surface area contributed by atoms with Crippen molar-refractivity contribution in [2.24, 2.45) is 5.92 Å². The fraction of sp³-hybridized carbons (Fsp3) is 0.667. The predicted molar refractivity (Wildman–Crippen MR) is 85.4 cm³/mol. The molecule has 0 aliphatic heterocycles. The van der Waals surface area contributed by atoms with Gasteiger partial charge in [0.05, 0.1) is 7.11 Å². The van der Waals surface area contributed by atoms with Crippen LogP contribution in [-0.2, 0) is 6.42 Å². The minimum absolute atomic E-state index is 0.631. The first-order valence-electron chi connectivity index (χ1n) is 8.19. The van der Waals surface area contributed by atoms with Crippen LogP contribution in [0.1, 0.15) is 51.0 Å². The van der Waals surface area contributed by atoms with E-state index in [0.717, 1.165) is 24.6 Å². The van der Waals surface area contributed by atoms with E-state index in [2.05, 4.69) is 36.5 Å². The van der Waals surface area contributed by atoms with Gasteiger partial charge in [0, 0.05) is 6.04 Å². The Bertz CT molecular complexity index is 366. The zero-order chi connectivity index (χ0) is 14.2. The molecule has 2 nitrogen and oxygen atoms in total. The average molecular weight is 275 g/mol. The highest BCUT2D eigenvalue weighted by molar-refractivity contribution is 5.27. The molecule has 1 atom stereocenters. The molecule has 2 rings (SSSR count). The highest BCUT2D eigenvalue weighted by Gasteiger charge is 2.22. The summed E-state index contributed by atoms with van der Waals surface area (Å²) in [6, 6.07) is 9.20. The van der Waals surface area contributed by atoms with E-state index < -0.39 is 0 Å². The first-order valence-corrected chi connectivity index (χ1v) is 8.19. The molecule has 0 bridgehead atoms. The molecule has 1 unspecified atom stereocenters. The summed E-state index contributed by atoms with van der Waals surface area (Å²) in [5.41, 5.74) is 1.42. The third-order valence-corrected chi connectivity index (χ3v) is 4.55. The Morgan fingerprint density at radius 1 is 1.10 bits per heavy atom. The Morgan fingerprint density at radius 3 is 2.30 bits per heavy atom. The van der Waals surface area contributed by atoms with Gasteiger partial charge in [-0.25, -0.2) is 0 Å². The number of benzene rings is 1. The van der Waals surface area contributed by atoms with Crippen molar-refractivity contribution in [3.8, 4) is 5.75 Å². The Labute approximate surface area is 123 Å². The summed E-state index contributed by atoms with van der Waals surface area (Å²) in [5.74, 6) is 1.79. The Hall–Kier alpha value is -1.02. The van der Waals surface area contributed by atoms with Gasteiger partial charge in [0.15, 0.2) is 0 Å². The van der Waals surface area contributed by atoms with Gasteiger partial charge < -0.3 is 10.1 Å². The summed E-state index contributed by atoms with van der Waals surface area (Å²) in [7, 11) is 1.72. The van der Waals surface area contributed by atoms with Gasteiger partial charge in [0.25, 0.3) is 0 Å². The summed E-state index contributed by atoms with van der Waals surface area (Å²) in [5, 5.41) is 3.73. The van der Waals surface area contributed by atoms with Crippen LogP contribution in [0.15, 0.2) is 24.3 Å². The highest BCUT2D eigenvalue weighted by Crippen LogP contribution is 2.27. The van der Waals surface area contributed by atoms with Crippen molar-refractivity contribution in [2.75, 3.05) is 13.7 Å². The monoisotopic (exact) mass is 275 g/mol. The van der Waals surface area contributed by atoms with E-state index >= 15 is 0 Å². The van der Waals surface area contributed by atoms with Gasteiger partial charge in [-0.2, -0.15) is 0 Å². The second-order valence-corrected chi connectivity index (χ2v) is 5.97. The molecule has 2 heteroatoms. The largest absolute Gasteiger partial charge is 0.497 e. The third kappa shape index (κ3) is 4.52. The zero-order valence-electron chi connectivity index (χ0n) is 13.0. The number of ether oxygens (including phenoxy) is 1. The molecule has 1 N–H and O–H groups in total. The van der Waals surface area contributed by atoms with Crippen LogP contribution in [0.2, 0.25) is 0 Å². The second kappa shape index (κ2) is 8.31. The number of rotatable bonds is 6. The quantitative estimate of drug-likeness (QED) is 0.786. The van der Waals surface area contributed by atoms with Crippen molar-refractivity contribution < 1.29 is 4.74 Å². The van der Waals surface area contributed by atoms with Crippen LogP contribution in [0.5, 0.6) is 5.75 Å². The molecule has 1 aromatic carbocycles. The molecule has 20 heavy (non-hydrogen) atoms. The molecule has 1 fully saturated rings. The van der Waals surface area contributed by atoms with Crippen LogP contribution in [0.3, 0.4) is 0 Å². The Kier molecular flexibility index (Phi) is 6.38. The summed E-state index contributed by atoms with van der Waals surface area (Å²) >= 11 is 0. The van der Waals surface area contributed by atoms with E-state index in [1.807, 2.05) is 0 Å². The molecule has 1 aliphatic carbocycles. The maximum absolute atomic E-state index is 5.24. The number of nitrogens with one attached hydrogen (secondary N) is 1. The van der Waals surface area contributed by atoms with Crippen molar-refractivity contribution in [3.05, 3.63) is 29.8 Å².